The summed E-state index contributed by atoms with van der Waals surface area (Å²) in [6.45, 7) is 3.76. The van der Waals surface area contributed by atoms with Crippen molar-refractivity contribution in [1.82, 2.24) is 0 Å². The Bertz CT molecular complexity index is 471. The third-order valence-corrected chi connectivity index (χ3v) is 3.50. The molecule has 5 nitrogen and oxygen atoms in total. The molecule has 1 N–H and O–H groups in total. The Morgan fingerprint density at radius 2 is 1.63 bits per heavy atom. The molecule has 2 rings (SSSR count). The molecule has 0 aliphatic carbocycles. The number of fused-ring (bicyclic) bond motifs is 1. The smallest absolute Gasteiger partial charge is 0.167 e. The SMILES string of the molecule is COc1cc(OC)c2c(c1OC)[C@H](O)[C@H](C)O[C@H]2C. The number of aliphatic hydroxyl groups excluding tert-OH is 1. The van der Waals surface area contributed by atoms with Gasteiger partial charge in [0.1, 0.15) is 11.9 Å². The molecule has 0 bridgehead atoms. The second-order valence-electron chi connectivity index (χ2n) is 4.57. The quantitative estimate of drug-likeness (QED) is 0.911. The van der Waals surface area contributed by atoms with Gasteiger partial charge in [0.05, 0.1) is 33.5 Å². The van der Waals surface area contributed by atoms with Crippen LogP contribution in [-0.2, 0) is 4.74 Å². The lowest BCUT2D eigenvalue weighted by molar-refractivity contribution is -0.0826. The lowest BCUT2D eigenvalue weighted by Gasteiger charge is -2.35. The van der Waals surface area contributed by atoms with Crippen LogP contribution in [0.4, 0.5) is 0 Å². The van der Waals surface area contributed by atoms with E-state index in [-0.39, 0.29) is 12.2 Å². The topological polar surface area (TPSA) is 57.2 Å². The van der Waals surface area contributed by atoms with Gasteiger partial charge in [-0.3, -0.25) is 0 Å². The summed E-state index contributed by atoms with van der Waals surface area (Å²) < 4.78 is 21.8. The van der Waals surface area contributed by atoms with Gasteiger partial charge in [-0.1, -0.05) is 0 Å². The normalized spacial score (nSPS) is 25.7. The van der Waals surface area contributed by atoms with E-state index in [2.05, 4.69) is 0 Å². The number of benzene rings is 1. The Balaban J connectivity index is 2.74. The van der Waals surface area contributed by atoms with Gasteiger partial charge in [-0.15, -0.1) is 0 Å². The van der Waals surface area contributed by atoms with Crippen LogP contribution in [0.15, 0.2) is 6.07 Å². The van der Waals surface area contributed by atoms with Gasteiger partial charge >= 0.3 is 0 Å². The maximum absolute atomic E-state index is 10.4. The van der Waals surface area contributed by atoms with E-state index >= 15 is 0 Å². The van der Waals surface area contributed by atoms with Crippen molar-refractivity contribution in [2.45, 2.75) is 32.2 Å². The van der Waals surface area contributed by atoms with Gasteiger partial charge in [-0.25, -0.2) is 0 Å². The largest absolute Gasteiger partial charge is 0.496 e. The van der Waals surface area contributed by atoms with E-state index in [0.29, 0.717) is 22.8 Å². The molecular weight excluding hydrogens is 248 g/mol. The molecule has 1 aromatic rings. The first-order valence-electron chi connectivity index (χ1n) is 6.21. The number of ether oxygens (including phenoxy) is 4. The van der Waals surface area contributed by atoms with Crippen molar-refractivity contribution in [2.24, 2.45) is 0 Å². The lowest BCUT2D eigenvalue weighted by atomic mass is 9.90. The van der Waals surface area contributed by atoms with Crippen LogP contribution in [0.25, 0.3) is 0 Å². The first kappa shape index (κ1) is 14.0. The fourth-order valence-electron chi connectivity index (χ4n) is 2.59. The molecule has 3 atom stereocenters. The molecule has 19 heavy (non-hydrogen) atoms. The van der Waals surface area contributed by atoms with Gasteiger partial charge in [0.15, 0.2) is 11.5 Å². The molecule has 0 spiro atoms. The summed E-state index contributed by atoms with van der Waals surface area (Å²) in [6.07, 6.45) is -1.26. The second-order valence-corrected chi connectivity index (χ2v) is 4.57. The third kappa shape index (κ3) is 2.13. The van der Waals surface area contributed by atoms with Crippen molar-refractivity contribution >= 4 is 0 Å². The van der Waals surface area contributed by atoms with Crippen LogP contribution >= 0.6 is 0 Å². The molecule has 0 saturated carbocycles. The average molecular weight is 268 g/mol. The monoisotopic (exact) mass is 268 g/mol. The number of aliphatic hydroxyl groups is 1. The Hall–Kier alpha value is -1.46. The van der Waals surface area contributed by atoms with E-state index in [1.807, 2.05) is 13.8 Å². The van der Waals surface area contributed by atoms with Crippen LogP contribution in [0.5, 0.6) is 17.2 Å². The van der Waals surface area contributed by atoms with Gasteiger partial charge in [-0.2, -0.15) is 0 Å². The maximum Gasteiger partial charge on any atom is 0.167 e. The van der Waals surface area contributed by atoms with Gasteiger partial charge in [-0.05, 0) is 13.8 Å². The third-order valence-electron chi connectivity index (χ3n) is 3.50. The Kier molecular flexibility index (Phi) is 3.87. The minimum absolute atomic E-state index is 0.178. The minimum Gasteiger partial charge on any atom is -0.496 e. The van der Waals surface area contributed by atoms with Gasteiger partial charge in [0.25, 0.3) is 0 Å². The fraction of sp³-hybridized carbons (Fsp3) is 0.571. The van der Waals surface area contributed by atoms with E-state index in [9.17, 15) is 5.11 Å². The highest BCUT2D eigenvalue weighted by Gasteiger charge is 2.36. The zero-order valence-corrected chi connectivity index (χ0v) is 11.9. The predicted molar refractivity (Wildman–Crippen MR) is 70.0 cm³/mol. The molecule has 1 aliphatic heterocycles. The highest BCUT2D eigenvalue weighted by molar-refractivity contribution is 5.59. The highest BCUT2D eigenvalue weighted by Crippen LogP contribution is 2.49. The summed E-state index contributed by atoms with van der Waals surface area (Å²) >= 11 is 0. The summed E-state index contributed by atoms with van der Waals surface area (Å²) in [6, 6.07) is 1.75. The predicted octanol–water partition coefficient (Wildman–Crippen LogP) is 2.23. The van der Waals surface area contributed by atoms with Gasteiger partial charge in [0.2, 0.25) is 0 Å². The van der Waals surface area contributed by atoms with E-state index in [1.54, 1.807) is 27.4 Å². The minimum atomic E-state index is -0.773. The van der Waals surface area contributed by atoms with Crippen molar-refractivity contribution in [2.75, 3.05) is 21.3 Å². The number of hydrogen-bond acceptors (Lipinski definition) is 5. The van der Waals surface area contributed by atoms with Crippen LogP contribution in [0.3, 0.4) is 0 Å². The first-order chi connectivity index (χ1) is 9.04. The fourth-order valence-corrected chi connectivity index (χ4v) is 2.59. The summed E-state index contributed by atoms with van der Waals surface area (Å²) in [5.74, 6) is 1.71. The molecule has 1 heterocycles. The Labute approximate surface area is 113 Å². The standard InChI is InChI=1S/C14H20O5/c1-7-11-9(16-3)6-10(17-4)14(18-5)12(11)13(15)8(2)19-7/h6-8,13,15H,1-5H3/t7-,8-,13+/m0/s1. The molecule has 0 aromatic heterocycles. The summed E-state index contributed by atoms with van der Waals surface area (Å²) in [5, 5.41) is 10.4. The van der Waals surface area contributed by atoms with Crippen LogP contribution in [0.2, 0.25) is 0 Å². The summed E-state index contributed by atoms with van der Waals surface area (Å²) in [7, 11) is 4.70. The van der Waals surface area contributed by atoms with Crippen molar-refractivity contribution in [3.8, 4) is 17.2 Å². The molecule has 1 aromatic carbocycles. The Morgan fingerprint density at radius 1 is 1.00 bits per heavy atom. The van der Waals surface area contributed by atoms with E-state index in [1.165, 1.54) is 0 Å². The molecule has 106 valence electrons. The molecule has 0 radical (unpaired) electrons. The van der Waals surface area contributed by atoms with Crippen LogP contribution < -0.4 is 14.2 Å². The number of hydrogen-bond donors (Lipinski definition) is 1. The van der Waals surface area contributed by atoms with Crippen molar-refractivity contribution in [1.29, 1.82) is 0 Å². The lowest BCUT2D eigenvalue weighted by Crippen LogP contribution is -2.28. The average Bonchev–Trinajstić information content (AvgIpc) is 2.42. The molecule has 1 aliphatic rings. The zero-order chi connectivity index (χ0) is 14.2. The highest BCUT2D eigenvalue weighted by atomic mass is 16.5. The molecule has 0 unspecified atom stereocenters. The van der Waals surface area contributed by atoms with Crippen LogP contribution in [0.1, 0.15) is 37.2 Å². The Morgan fingerprint density at radius 3 is 2.16 bits per heavy atom. The molecule has 0 amide bonds. The first-order valence-corrected chi connectivity index (χ1v) is 6.21. The maximum atomic E-state index is 10.4. The van der Waals surface area contributed by atoms with Crippen molar-refractivity contribution < 1.29 is 24.1 Å². The summed E-state index contributed by atoms with van der Waals surface area (Å²) in [5.41, 5.74) is 1.50. The van der Waals surface area contributed by atoms with Crippen LogP contribution in [0, 0.1) is 0 Å². The number of rotatable bonds is 3. The molecule has 0 saturated heterocycles. The van der Waals surface area contributed by atoms with Crippen LogP contribution in [-0.4, -0.2) is 32.5 Å². The summed E-state index contributed by atoms with van der Waals surface area (Å²) in [4.78, 5) is 0. The van der Waals surface area contributed by atoms with Crippen molar-refractivity contribution in [3.63, 3.8) is 0 Å². The van der Waals surface area contributed by atoms with Crippen molar-refractivity contribution in [3.05, 3.63) is 17.2 Å². The van der Waals surface area contributed by atoms with Gasteiger partial charge < -0.3 is 24.1 Å². The molecule has 5 heteroatoms. The number of methoxy groups -OCH3 is 3. The zero-order valence-electron chi connectivity index (χ0n) is 11.9. The van der Waals surface area contributed by atoms with E-state index in [0.717, 1.165) is 5.56 Å². The van der Waals surface area contributed by atoms with E-state index in [4.69, 9.17) is 18.9 Å². The van der Waals surface area contributed by atoms with Gasteiger partial charge in [0, 0.05) is 17.2 Å². The molecule has 0 fully saturated rings. The van der Waals surface area contributed by atoms with E-state index < -0.39 is 6.10 Å². The second kappa shape index (κ2) is 5.27. The molecular formula is C14H20O5.